The zero-order valence-electron chi connectivity index (χ0n) is 9.95. The Morgan fingerprint density at radius 3 is 3.12 bits per heavy atom. The summed E-state index contributed by atoms with van der Waals surface area (Å²) in [6.45, 7) is 3.14. The summed E-state index contributed by atoms with van der Waals surface area (Å²) in [5, 5.41) is 10.7. The molecule has 0 fully saturated rings. The fourth-order valence-corrected chi connectivity index (χ4v) is 2.29. The van der Waals surface area contributed by atoms with Crippen LogP contribution in [0.2, 0.25) is 0 Å². The first-order valence-corrected chi connectivity index (χ1v) is 6.16. The Balaban J connectivity index is 2.07. The van der Waals surface area contributed by atoms with Crippen LogP contribution in [-0.4, -0.2) is 21.7 Å². The average Bonchev–Trinajstić information content (AvgIpc) is 2.87. The summed E-state index contributed by atoms with van der Waals surface area (Å²) in [4.78, 5) is 4.51. The second-order valence-corrected chi connectivity index (χ2v) is 4.32. The molecule has 1 aromatic carbocycles. The number of benzene rings is 1. The third-order valence-electron chi connectivity index (χ3n) is 3.20. The second-order valence-electron chi connectivity index (χ2n) is 4.32. The molecule has 0 bridgehead atoms. The number of aromatic amines is 1. The number of anilines is 1. The highest BCUT2D eigenvalue weighted by molar-refractivity contribution is 5.70. The minimum Gasteiger partial charge on any atom is -0.385 e. The van der Waals surface area contributed by atoms with Crippen molar-refractivity contribution < 1.29 is 0 Å². The Kier molecular flexibility index (Phi) is 2.55. The number of nitrogens with one attached hydrogen (secondary N) is 2. The number of H-pyrrole nitrogens is 1. The zero-order valence-corrected chi connectivity index (χ0v) is 9.95. The predicted octanol–water partition coefficient (Wildman–Crippen LogP) is 2.39. The lowest BCUT2D eigenvalue weighted by atomic mass is 9.97. The van der Waals surface area contributed by atoms with Gasteiger partial charge in [-0.25, -0.2) is 4.98 Å². The van der Waals surface area contributed by atoms with Gasteiger partial charge in [-0.1, -0.05) is 19.1 Å². The molecule has 88 valence electrons. The van der Waals surface area contributed by atoms with Gasteiger partial charge >= 0.3 is 0 Å². The van der Waals surface area contributed by atoms with Crippen LogP contribution in [0, 0.1) is 0 Å². The molecule has 0 radical (unpaired) electrons. The molecular formula is C13H16N4. The molecule has 0 aliphatic carbocycles. The van der Waals surface area contributed by atoms with E-state index < -0.39 is 0 Å². The summed E-state index contributed by atoms with van der Waals surface area (Å²) < 4.78 is 0. The largest absolute Gasteiger partial charge is 0.385 e. The SMILES string of the molecule is CCc1nc(-c2cccc3c2CCCN3)n[nH]1. The molecule has 0 atom stereocenters. The van der Waals surface area contributed by atoms with Crippen molar-refractivity contribution in [2.45, 2.75) is 26.2 Å². The fourth-order valence-electron chi connectivity index (χ4n) is 2.29. The average molecular weight is 228 g/mol. The Morgan fingerprint density at radius 2 is 2.29 bits per heavy atom. The van der Waals surface area contributed by atoms with Gasteiger partial charge in [-0.05, 0) is 24.5 Å². The van der Waals surface area contributed by atoms with Crippen LogP contribution in [0.25, 0.3) is 11.4 Å². The van der Waals surface area contributed by atoms with E-state index in [2.05, 4.69) is 45.6 Å². The van der Waals surface area contributed by atoms with E-state index in [1.807, 2.05) is 0 Å². The molecule has 4 heteroatoms. The summed E-state index contributed by atoms with van der Waals surface area (Å²) in [7, 11) is 0. The molecule has 0 amide bonds. The molecule has 0 saturated carbocycles. The molecule has 1 aliphatic rings. The first-order valence-electron chi connectivity index (χ1n) is 6.16. The van der Waals surface area contributed by atoms with E-state index in [4.69, 9.17) is 0 Å². The molecule has 1 aliphatic heterocycles. The van der Waals surface area contributed by atoms with Crippen molar-refractivity contribution in [3.8, 4) is 11.4 Å². The van der Waals surface area contributed by atoms with E-state index in [9.17, 15) is 0 Å². The molecule has 0 saturated heterocycles. The van der Waals surface area contributed by atoms with E-state index in [-0.39, 0.29) is 0 Å². The maximum Gasteiger partial charge on any atom is 0.181 e. The van der Waals surface area contributed by atoms with Crippen molar-refractivity contribution in [2.75, 3.05) is 11.9 Å². The van der Waals surface area contributed by atoms with Gasteiger partial charge < -0.3 is 5.32 Å². The van der Waals surface area contributed by atoms with E-state index in [0.717, 1.165) is 36.6 Å². The summed E-state index contributed by atoms with van der Waals surface area (Å²) in [5.41, 5.74) is 3.74. The van der Waals surface area contributed by atoms with E-state index in [0.29, 0.717) is 0 Å². The maximum absolute atomic E-state index is 4.51. The molecule has 1 aromatic heterocycles. The normalized spacial score (nSPS) is 14.2. The quantitative estimate of drug-likeness (QED) is 0.829. The monoisotopic (exact) mass is 228 g/mol. The zero-order chi connectivity index (χ0) is 11.7. The fraction of sp³-hybridized carbons (Fsp3) is 0.385. The first kappa shape index (κ1) is 10.3. The van der Waals surface area contributed by atoms with Gasteiger partial charge in [0.2, 0.25) is 0 Å². The smallest absolute Gasteiger partial charge is 0.181 e. The number of hydrogen-bond donors (Lipinski definition) is 2. The minimum atomic E-state index is 0.822. The van der Waals surface area contributed by atoms with Crippen molar-refractivity contribution in [1.29, 1.82) is 0 Å². The molecule has 2 heterocycles. The standard InChI is InChI=1S/C13H16N4/c1-2-12-15-13(17-16-12)10-5-3-7-11-9(10)6-4-8-14-11/h3,5,7,14H,2,4,6,8H2,1H3,(H,15,16,17). The first-order chi connectivity index (χ1) is 8.38. The van der Waals surface area contributed by atoms with Crippen molar-refractivity contribution >= 4 is 5.69 Å². The molecule has 0 unspecified atom stereocenters. The van der Waals surface area contributed by atoms with Crippen molar-refractivity contribution in [2.24, 2.45) is 0 Å². The molecular weight excluding hydrogens is 212 g/mol. The second kappa shape index (κ2) is 4.20. The summed E-state index contributed by atoms with van der Waals surface area (Å²) in [6.07, 6.45) is 3.17. The van der Waals surface area contributed by atoms with Gasteiger partial charge in [0.15, 0.2) is 5.82 Å². The third kappa shape index (κ3) is 1.79. The highest BCUT2D eigenvalue weighted by Crippen LogP contribution is 2.30. The Bertz CT molecular complexity index is 530. The van der Waals surface area contributed by atoms with Gasteiger partial charge in [-0.15, -0.1) is 0 Å². The number of aromatic nitrogens is 3. The topological polar surface area (TPSA) is 53.6 Å². The van der Waals surface area contributed by atoms with Crippen LogP contribution in [0.3, 0.4) is 0 Å². The molecule has 2 aromatic rings. The van der Waals surface area contributed by atoms with Crippen LogP contribution in [0.15, 0.2) is 18.2 Å². The molecule has 4 nitrogen and oxygen atoms in total. The molecule has 2 N–H and O–H groups in total. The maximum atomic E-state index is 4.51. The van der Waals surface area contributed by atoms with Gasteiger partial charge in [-0.2, -0.15) is 5.10 Å². The van der Waals surface area contributed by atoms with Gasteiger partial charge in [0.1, 0.15) is 5.82 Å². The minimum absolute atomic E-state index is 0.822. The summed E-state index contributed by atoms with van der Waals surface area (Å²) >= 11 is 0. The summed E-state index contributed by atoms with van der Waals surface area (Å²) in [6, 6.07) is 6.30. The highest BCUT2D eigenvalue weighted by Gasteiger charge is 2.15. The lowest BCUT2D eigenvalue weighted by Gasteiger charge is -2.19. The van der Waals surface area contributed by atoms with Crippen molar-refractivity contribution in [3.05, 3.63) is 29.6 Å². The lowest BCUT2D eigenvalue weighted by Crippen LogP contribution is -2.12. The van der Waals surface area contributed by atoms with Crippen molar-refractivity contribution in [3.63, 3.8) is 0 Å². The molecule has 17 heavy (non-hydrogen) atoms. The Labute approximate surface area is 100 Å². The van der Waals surface area contributed by atoms with Crippen molar-refractivity contribution in [1.82, 2.24) is 15.2 Å². The van der Waals surface area contributed by atoms with Crippen LogP contribution in [-0.2, 0) is 12.8 Å². The van der Waals surface area contributed by atoms with E-state index in [1.54, 1.807) is 0 Å². The van der Waals surface area contributed by atoms with E-state index >= 15 is 0 Å². The van der Waals surface area contributed by atoms with Gasteiger partial charge in [0.25, 0.3) is 0 Å². The van der Waals surface area contributed by atoms with Gasteiger partial charge in [0, 0.05) is 24.2 Å². The lowest BCUT2D eigenvalue weighted by molar-refractivity contribution is 0.830. The molecule has 3 rings (SSSR count). The molecule has 0 spiro atoms. The van der Waals surface area contributed by atoms with E-state index in [1.165, 1.54) is 17.7 Å². The highest BCUT2D eigenvalue weighted by atomic mass is 15.2. The predicted molar refractivity (Wildman–Crippen MR) is 68.0 cm³/mol. The van der Waals surface area contributed by atoms with Gasteiger partial charge in [-0.3, -0.25) is 5.10 Å². The Morgan fingerprint density at radius 1 is 1.35 bits per heavy atom. The third-order valence-corrected chi connectivity index (χ3v) is 3.20. The number of nitrogens with zero attached hydrogens (tertiary/aromatic N) is 2. The number of hydrogen-bond acceptors (Lipinski definition) is 3. The number of aryl methyl sites for hydroxylation is 1. The van der Waals surface area contributed by atoms with Crippen LogP contribution >= 0.6 is 0 Å². The van der Waals surface area contributed by atoms with Crippen LogP contribution in [0.5, 0.6) is 0 Å². The van der Waals surface area contributed by atoms with Crippen LogP contribution in [0.1, 0.15) is 24.7 Å². The van der Waals surface area contributed by atoms with Crippen LogP contribution in [0.4, 0.5) is 5.69 Å². The number of fused-ring (bicyclic) bond motifs is 1. The van der Waals surface area contributed by atoms with Gasteiger partial charge in [0.05, 0.1) is 0 Å². The Hall–Kier alpha value is -1.84. The van der Waals surface area contributed by atoms with Crippen LogP contribution < -0.4 is 5.32 Å². The summed E-state index contributed by atoms with van der Waals surface area (Å²) in [5.74, 6) is 1.77. The number of rotatable bonds is 2.